The second-order valence-corrected chi connectivity index (χ2v) is 6.53. The maximum Gasteiger partial charge on any atom is 0.256 e. The fraction of sp³-hybridized carbons (Fsp3) is 0.333. The quantitative estimate of drug-likeness (QED) is 0.385. The third kappa shape index (κ3) is 3.38. The molecule has 0 saturated carbocycles. The number of hydrogen-bond donors (Lipinski definition) is 2. The monoisotopic (exact) mass is 394 g/mol. The summed E-state index contributed by atoms with van der Waals surface area (Å²) in [5.41, 5.74) is 9.99. The number of aromatic nitrogens is 4. The highest BCUT2D eigenvalue weighted by molar-refractivity contribution is 6.06. The Kier molecular flexibility index (Phi) is 5.09. The molecule has 1 aromatic carbocycles. The smallest absolute Gasteiger partial charge is 0.256 e. The van der Waals surface area contributed by atoms with Gasteiger partial charge in [0.1, 0.15) is 12.4 Å². The Bertz CT molecular complexity index is 1080. The number of carbonyl (C=O) groups excluding carboxylic acids is 1. The first-order chi connectivity index (χ1) is 14.1. The second kappa shape index (κ2) is 7.84. The van der Waals surface area contributed by atoms with E-state index in [0.717, 1.165) is 0 Å². The lowest BCUT2D eigenvalue weighted by Gasteiger charge is -2.16. The van der Waals surface area contributed by atoms with Crippen molar-refractivity contribution in [3.05, 3.63) is 59.0 Å². The number of rotatable bonds is 5. The lowest BCUT2D eigenvalue weighted by Crippen LogP contribution is -2.29. The molecule has 3 aromatic rings. The van der Waals surface area contributed by atoms with Crippen LogP contribution in [0.1, 0.15) is 29.9 Å². The summed E-state index contributed by atoms with van der Waals surface area (Å²) in [6.45, 7) is 1.88. The van der Waals surface area contributed by atoms with Crippen molar-refractivity contribution >= 4 is 22.9 Å². The van der Waals surface area contributed by atoms with E-state index in [1.54, 1.807) is 28.8 Å². The van der Waals surface area contributed by atoms with Crippen LogP contribution in [0.5, 0.6) is 0 Å². The summed E-state index contributed by atoms with van der Waals surface area (Å²) in [6, 6.07) is 8.02. The summed E-state index contributed by atoms with van der Waals surface area (Å²) in [5.74, 6) is -0.0829. The molecule has 1 amide bonds. The highest BCUT2D eigenvalue weighted by Crippen LogP contribution is 2.35. The van der Waals surface area contributed by atoms with E-state index in [-0.39, 0.29) is 11.7 Å². The molecule has 4 rings (SSSR count). The minimum Gasteiger partial charge on any atom is -0.388 e. The van der Waals surface area contributed by atoms with Crippen molar-refractivity contribution in [3.63, 3.8) is 0 Å². The predicted octanol–water partition coefficient (Wildman–Crippen LogP) is 2.43. The summed E-state index contributed by atoms with van der Waals surface area (Å²) in [7, 11) is 0. The number of aliphatic hydroxyl groups is 1. The summed E-state index contributed by atoms with van der Waals surface area (Å²) in [5, 5.41) is 17.0. The molecule has 0 bridgehead atoms. The Labute approximate surface area is 165 Å². The van der Waals surface area contributed by atoms with Crippen LogP contribution in [-0.2, 0) is 4.74 Å². The van der Waals surface area contributed by atoms with Crippen molar-refractivity contribution in [2.75, 3.05) is 5.32 Å². The van der Waals surface area contributed by atoms with Gasteiger partial charge in [-0.05, 0) is 24.1 Å². The molecular formula is C18H18N8O3. The molecule has 3 heterocycles. The van der Waals surface area contributed by atoms with Gasteiger partial charge in [0, 0.05) is 10.5 Å². The number of imidazole rings is 1. The fourth-order valence-corrected chi connectivity index (χ4v) is 3.40. The molecule has 11 nitrogen and oxygen atoms in total. The largest absolute Gasteiger partial charge is 0.388 e. The summed E-state index contributed by atoms with van der Waals surface area (Å²) in [4.78, 5) is 27.9. The van der Waals surface area contributed by atoms with E-state index in [1.807, 2.05) is 13.0 Å². The van der Waals surface area contributed by atoms with Crippen LogP contribution >= 0.6 is 0 Å². The van der Waals surface area contributed by atoms with Crippen molar-refractivity contribution in [1.29, 1.82) is 0 Å². The Morgan fingerprint density at radius 1 is 1.34 bits per heavy atom. The van der Waals surface area contributed by atoms with Crippen molar-refractivity contribution in [2.24, 2.45) is 5.11 Å². The van der Waals surface area contributed by atoms with E-state index in [4.69, 9.17) is 10.3 Å². The van der Waals surface area contributed by atoms with Crippen molar-refractivity contribution in [1.82, 2.24) is 19.5 Å². The molecule has 2 N–H and O–H groups in total. The van der Waals surface area contributed by atoms with Gasteiger partial charge in [0.15, 0.2) is 23.2 Å². The zero-order valence-corrected chi connectivity index (χ0v) is 15.5. The van der Waals surface area contributed by atoms with Gasteiger partial charge in [-0.1, -0.05) is 30.2 Å². The summed E-state index contributed by atoms with van der Waals surface area (Å²) in [6.07, 6.45) is 0.999. The molecule has 0 radical (unpaired) electrons. The molecule has 148 valence electrons. The number of fused-ring (bicyclic) bond motifs is 1. The van der Waals surface area contributed by atoms with Crippen LogP contribution in [0, 0.1) is 0 Å². The maximum atomic E-state index is 12.5. The highest BCUT2D eigenvalue weighted by atomic mass is 16.5. The average molecular weight is 394 g/mol. The van der Waals surface area contributed by atoms with Crippen LogP contribution in [0.15, 0.2) is 48.1 Å². The third-order valence-electron chi connectivity index (χ3n) is 4.83. The van der Waals surface area contributed by atoms with E-state index < -0.39 is 24.5 Å². The Balaban J connectivity index is 1.66. The van der Waals surface area contributed by atoms with Crippen LogP contribution in [0.2, 0.25) is 0 Å². The zero-order chi connectivity index (χ0) is 20.4. The molecule has 4 atom stereocenters. The number of benzene rings is 1. The molecule has 1 aliphatic heterocycles. The number of hydrogen-bond acceptors (Lipinski definition) is 7. The third-order valence-corrected chi connectivity index (χ3v) is 4.83. The van der Waals surface area contributed by atoms with Crippen LogP contribution in [-0.4, -0.2) is 48.8 Å². The first-order valence-electron chi connectivity index (χ1n) is 9.05. The standard InChI is InChI=1S/C18H18N8O3/c1-2-11-12(24-25-19)14(27)18(29-11)26-9-22-13-15(20-8-21-16(13)26)23-17(28)10-6-4-3-5-7-10/h3-9,11-12,14,18,27H,2H2,1H3,(H,20,21,23,28)/t11-,12-,14-,18-/m1/s1. The van der Waals surface area contributed by atoms with Crippen LogP contribution in [0.4, 0.5) is 5.82 Å². The van der Waals surface area contributed by atoms with Gasteiger partial charge in [0.25, 0.3) is 5.91 Å². The van der Waals surface area contributed by atoms with Gasteiger partial charge in [-0.25, -0.2) is 15.0 Å². The molecule has 1 aliphatic rings. The van der Waals surface area contributed by atoms with Crippen LogP contribution < -0.4 is 5.32 Å². The van der Waals surface area contributed by atoms with Crippen molar-refractivity contribution in [2.45, 2.75) is 37.8 Å². The van der Waals surface area contributed by atoms with E-state index in [2.05, 4.69) is 30.3 Å². The molecule has 1 saturated heterocycles. The number of ether oxygens (including phenoxy) is 1. The highest BCUT2D eigenvalue weighted by Gasteiger charge is 2.44. The van der Waals surface area contributed by atoms with E-state index in [9.17, 15) is 9.90 Å². The summed E-state index contributed by atoms with van der Waals surface area (Å²) >= 11 is 0. The normalized spacial score (nSPS) is 23.7. The number of aliphatic hydroxyl groups excluding tert-OH is 1. The van der Waals surface area contributed by atoms with Crippen LogP contribution in [0.3, 0.4) is 0 Å². The van der Waals surface area contributed by atoms with Gasteiger partial charge in [-0.2, -0.15) is 0 Å². The average Bonchev–Trinajstić information content (AvgIpc) is 3.31. The molecule has 0 unspecified atom stereocenters. The maximum absolute atomic E-state index is 12.5. The number of carbonyl (C=O) groups is 1. The van der Waals surface area contributed by atoms with Crippen LogP contribution in [0.25, 0.3) is 21.6 Å². The lowest BCUT2D eigenvalue weighted by atomic mass is 10.1. The first kappa shape index (κ1) is 18.8. The fourth-order valence-electron chi connectivity index (χ4n) is 3.40. The Morgan fingerprint density at radius 2 is 2.14 bits per heavy atom. The van der Waals surface area contributed by atoms with Gasteiger partial charge < -0.3 is 15.2 Å². The van der Waals surface area contributed by atoms with E-state index >= 15 is 0 Å². The van der Waals surface area contributed by atoms with E-state index in [1.165, 1.54) is 12.7 Å². The molecule has 11 heteroatoms. The predicted molar refractivity (Wildman–Crippen MR) is 103 cm³/mol. The summed E-state index contributed by atoms with van der Waals surface area (Å²) < 4.78 is 7.44. The minimum atomic E-state index is -1.06. The van der Waals surface area contributed by atoms with Gasteiger partial charge in [0.05, 0.1) is 18.5 Å². The van der Waals surface area contributed by atoms with Crippen molar-refractivity contribution in [3.8, 4) is 0 Å². The van der Waals surface area contributed by atoms with E-state index in [0.29, 0.717) is 23.1 Å². The second-order valence-electron chi connectivity index (χ2n) is 6.53. The molecule has 29 heavy (non-hydrogen) atoms. The molecular weight excluding hydrogens is 376 g/mol. The Morgan fingerprint density at radius 3 is 2.86 bits per heavy atom. The number of azide groups is 1. The number of anilines is 1. The Hall–Kier alpha value is -3.53. The molecule has 2 aromatic heterocycles. The van der Waals surface area contributed by atoms with Crippen molar-refractivity contribution < 1.29 is 14.6 Å². The minimum absolute atomic E-state index is 0.244. The topological polar surface area (TPSA) is 151 Å². The van der Waals surface area contributed by atoms with Gasteiger partial charge in [-0.3, -0.25) is 9.36 Å². The first-order valence-corrected chi connectivity index (χ1v) is 9.05. The number of amides is 1. The van der Waals surface area contributed by atoms with Gasteiger partial charge >= 0.3 is 0 Å². The lowest BCUT2D eigenvalue weighted by molar-refractivity contribution is -0.0355. The number of nitrogens with zero attached hydrogens (tertiary/aromatic N) is 7. The molecule has 0 spiro atoms. The SMILES string of the molecule is CC[C@H]1O[C@@H](n2cnc3c(NC(=O)c4ccccc4)ncnc32)[C@H](O)[C@@H]1N=[N+]=[N-]. The molecule has 1 fully saturated rings. The van der Waals surface area contributed by atoms with Gasteiger partial charge in [-0.15, -0.1) is 0 Å². The molecule has 0 aliphatic carbocycles. The van der Waals surface area contributed by atoms with Gasteiger partial charge in [0.2, 0.25) is 0 Å². The zero-order valence-electron chi connectivity index (χ0n) is 15.5. The number of nitrogens with one attached hydrogen (secondary N) is 1.